The lowest BCUT2D eigenvalue weighted by atomic mass is 10.1. The van der Waals surface area contributed by atoms with Gasteiger partial charge < -0.3 is 5.73 Å². The van der Waals surface area contributed by atoms with E-state index in [-0.39, 0.29) is 16.1 Å². The van der Waals surface area contributed by atoms with Crippen LogP contribution in [-0.2, 0) is 0 Å². The van der Waals surface area contributed by atoms with Crippen molar-refractivity contribution in [3.63, 3.8) is 0 Å². The molecule has 0 radical (unpaired) electrons. The Labute approximate surface area is 134 Å². The van der Waals surface area contributed by atoms with Gasteiger partial charge in [0.15, 0.2) is 5.13 Å². The zero-order chi connectivity index (χ0) is 15.7. The Morgan fingerprint density at radius 2 is 1.91 bits per heavy atom. The third-order valence-electron chi connectivity index (χ3n) is 3.02. The van der Waals surface area contributed by atoms with Gasteiger partial charge in [-0.3, -0.25) is 14.9 Å². The fourth-order valence-corrected chi connectivity index (χ4v) is 3.17. The fourth-order valence-electron chi connectivity index (χ4n) is 2.05. The number of anilines is 1. The predicted octanol–water partition coefficient (Wildman–Crippen LogP) is 3.30. The van der Waals surface area contributed by atoms with E-state index in [4.69, 9.17) is 17.3 Å². The number of carbonyl (C=O) groups is 2. The Bertz CT molecular complexity index is 858. The molecule has 0 aliphatic rings. The van der Waals surface area contributed by atoms with Crippen molar-refractivity contribution >= 4 is 50.1 Å². The van der Waals surface area contributed by atoms with Gasteiger partial charge in [0.2, 0.25) is 5.91 Å². The predicted molar refractivity (Wildman–Crippen MR) is 87.5 cm³/mol. The van der Waals surface area contributed by atoms with Crippen molar-refractivity contribution in [3.05, 3.63) is 58.6 Å². The number of fused-ring (bicyclic) bond motifs is 1. The van der Waals surface area contributed by atoms with Crippen molar-refractivity contribution in [3.8, 4) is 0 Å². The highest BCUT2D eigenvalue weighted by molar-refractivity contribution is 7.22. The molecule has 0 saturated carbocycles. The van der Waals surface area contributed by atoms with Gasteiger partial charge >= 0.3 is 0 Å². The Hall–Kier alpha value is -2.44. The third kappa shape index (κ3) is 2.66. The molecular formula is C15H10ClN3O2S. The summed E-state index contributed by atoms with van der Waals surface area (Å²) in [6, 6.07) is 12.1. The summed E-state index contributed by atoms with van der Waals surface area (Å²) < 4.78 is 0.951. The first-order valence-electron chi connectivity index (χ1n) is 6.31. The van der Waals surface area contributed by atoms with Crippen molar-refractivity contribution in [2.24, 2.45) is 5.73 Å². The van der Waals surface area contributed by atoms with Crippen LogP contribution >= 0.6 is 22.9 Å². The number of benzene rings is 2. The number of carbonyl (C=O) groups excluding carboxylic acids is 2. The van der Waals surface area contributed by atoms with Crippen LogP contribution in [0.1, 0.15) is 20.7 Å². The molecule has 2 amide bonds. The summed E-state index contributed by atoms with van der Waals surface area (Å²) in [6.45, 7) is 0. The summed E-state index contributed by atoms with van der Waals surface area (Å²) in [5.41, 5.74) is 6.20. The number of halogens is 1. The molecule has 3 rings (SSSR count). The number of nitrogens with one attached hydrogen (secondary N) is 1. The van der Waals surface area contributed by atoms with Crippen LogP contribution in [0.5, 0.6) is 0 Å². The van der Waals surface area contributed by atoms with Gasteiger partial charge in [-0.05, 0) is 24.3 Å². The quantitative estimate of drug-likeness (QED) is 0.772. The maximum absolute atomic E-state index is 12.4. The van der Waals surface area contributed by atoms with E-state index in [1.165, 1.54) is 23.5 Å². The Kier molecular flexibility index (Phi) is 3.79. The summed E-state index contributed by atoms with van der Waals surface area (Å²) >= 11 is 7.37. The van der Waals surface area contributed by atoms with E-state index in [0.29, 0.717) is 5.13 Å². The molecule has 0 atom stereocenters. The molecule has 0 bridgehead atoms. The normalized spacial score (nSPS) is 10.6. The molecule has 0 aliphatic heterocycles. The van der Waals surface area contributed by atoms with Gasteiger partial charge in [-0.1, -0.05) is 41.1 Å². The van der Waals surface area contributed by atoms with Crippen LogP contribution in [-0.4, -0.2) is 16.8 Å². The first-order valence-corrected chi connectivity index (χ1v) is 7.51. The Balaban J connectivity index is 1.96. The van der Waals surface area contributed by atoms with E-state index >= 15 is 0 Å². The number of nitrogens with zero attached hydrogens (tertiary/aromatic N) is 1. The first-order chi connectivity index (χ1) is 10.6. The molecular weight excluding hydrogens is 322 g/mol. The zero-order valence-corrected chi connectivity index (χ0v) is 12.7. The topological polar surface area (TPSA) is 85.1 Å². The first kappa shape index (κ1) is 14.5. The number of hydrogen-bond acceptors (Lipinski definition) is 4. The molecule has 1 aromatic heterocycles. The van der Waals surface area contributed by atoms with Gasteiger partial charge in [-0.15, -0.1) is 0 Å². The van der Waals surface area contributed by atoms with E-state index in [1.807, 2.05) is 24.3 Å². The maximum Gasteiger partial charge on any atom is 0.259 e. The van der Waals surface area contributed by atoms with Gasteiger partial charge in [0, 0.05) is 0 Å². The average molecular weight is 332 g/mol. The molecule has 22 heavy (non-hydrogen) atoms. The molecule has 3 N–H and O–H groups in total. The number of thiazole rings is 1. The van der Waals surface area contributed by atoms with Crippen LogP contribution in [0.25, 0.3) is 10.2 Å². The number of primary amides is 1. The van der Waals surface area contributed by atoms with E-state index in [2.05, 4.69) is 10.3 Å². The molecule has 0 spiro atoms. The minimum absolute atomic E-state index is 0.0518. The number of aromatic nitrogens is 1. The van der Waals surface area contributed by atoms with Crippen molar-refractivity contribution in [1.82, 2.24) is 4.98 Å². The molecule has 0 aliphatic carbocycles. The second-order valence-electron chi connectivity index (χ2n) is 4.47. The SMILES string of the molecule is NC(=O)c1cccc(Cl)c1C(=O)Nc1nc2ccccc2s1. The molecule has 110 valence electrons. The summed E-state index contributed by atoms with van der Waals surface area (Å²) in [4.78, 5) is 28.2. The number of rotatable bonds is 3. The summed E-state index contributed by atoms with van der Waals surface area (Å²) in [5.74, 6) is -1.23. The molecule has 1 heterocycles. The standard InChI is InChI=1S/C15H10ClN3O2S/c16-9-5-3-4-8(13(17)20)12(9)14(21)19-15-18-10-6-1-2-7-11(10)22-15/h1-7H,(H2,17,20)(H,18,19,21). The molecule has 3 aromatic rings. The van der Waals surface area contributed by atoms with Crippen LogP contribution in [0.2, 0.25) is 5.02 Å². The lowest BCUT2D eigenvalue weighted by Gasteiger charge is -2.08. The molecule has 0 saturated heterocycles. The molecule has 0 unspecified atom stereocenters. The van der Waals surface area contributed by atoms with Gasteiger partial charge in [0.05, 0.1) is 26.4 Å². The lowest BCUT2D eigenvalue weighted by Crippen LogP contribution is -2.20. The van der Waals surface area contributed by atoms with Crippen LogP contribution < -0.4 is 11.1 Å². The van der Waals surface area contributed by atoms with Crippen molar-refractivity contribution < 1.29 is 9.59 Å². The zero-order valence-electron chi connectivity index (χ0n) is 11.2. The van der Waals surface area contributed by atoms with Crippen molar-refractivity contribution in [2.75, 3.05) is 5.32 Å². The number of nitrogens with two attached hydrogens (primary N) is 1. The second-order valence-corrected chi connectivity index (χ2v) is 5.91. The van der Waals surface area contributed by atoms with Crippen LogP contribution in [0.3, 0.4) is 0 Å². The van der Waals surface area contributed by atoms with Crippen LogP contribution in [0.4, 0.5) is 5.13 Å². The van der Waals surface area contributed by atoms with E-state index in [0.717, 1.165) is 10.2 Å². The fraction of sp³-hybridized carbons (Fsp3) is 0. The molecule has 0 fully saturated rings. The number of amides is 2. The molecule has 7 heteroatoms. The van der Waals surface area contributed by atoms with E-state index in [1.54, 1.807) is 6.07 Å². The highest BCUT2D eigenvalue weighted by Gasteiger charge is 2.19. The van der Waals surface area contributed by atoms with Crippen LogP contribution in [0.15, 0.2) is 42.5 Å². The molecule has 5 nitrogen and oxygen atoms in total. The van der Waals surface area contributed by atoms with Crippen molar-refractivity contribution in [1.29, 1.82) is 0 Å². The number of para-hydroxylation sites is 1. The minimum Gasteiger partial charge on any atom is -0.366 e. The Morgan fingerprint density at radius 1 is 1.14 bits per heavy atom. The Morgan fingerprint density at radius 3 is 2.64 bits per heavy atom. The summed E-state index contributed by atoms with van der Waals surface area (Å²) in [7, 11) is 0. The highest BCUT2D eigenvalue weighted by Crippen LogP contribution is 2.27. The van der Waals surface area contributed by atoms with Crippen molar-refractivity contribution in [2.45, 2.75) is 0 Å². The number of hydrogen-bond donors (Lipinski definition) is 2. The average Bonchev–Trinajstić information content (AvgIpc) is 2.88. The van der Waals surface area contributed by atoms with Gasteiger partial charge in [0.25, 0.3) is 5.91 Å². The smallest absolute Gasteiger partial charge is 0.259 e. The summed E-state index contributed by atoms with van der Waals surface area (Å²) in [5, 5.41) is 3.25. The van der Waals surface area contributed by atoms with Crippen LogP contribution in [0, 0.1) is 0 Å². The van der Waals surface area contributed by atoms with Gasteiger partial charge in [0.1, 0.15) is 0 Å². The van der Waals surface area contributed by atoms with Gasteiger partial charge in [-0.25, -0.2) is 4.98 Å². The minimum atomic E-state index is -0.711. The van der Waals surface area contributed by atoms with E-state index in [9.17, 15) is 9.59 Å². The summed E-state index contributed by atoms with van der Waals surface area (Å²) in [6.07, 6.45) is 0. The lowest BCUT2D eigenvalue weighted by molar-refractivity contribution is 0.0977. The maximum atomic E-state index is 12.4. The highest BCUT2D eigenvalue weighted by atomic mass is 35.5. The third-order valence-corrected chi connectivity index (χ3v) is 4.29. The van der Waals surface area contributed by atoms with Gasteiger partial charge in [-0.2, -0.15) is 0 Å². The second kappa shape index (κ2) is 5.75. The van der Waals surface area contributed by atoms with E-state index < -0.39 is 11.8 Å². The molecule has 2 aromatic carbocycles. The largest absolute Gasteiger partial charge is 0.366 e. The monoisotopic (exact) mass is 331 g/mol.